The molecule has 0 bridgehead atoms. The molecule has 2 aliphatic heterocycles. The molecule has 12 heteroatoms. The van der Waals surface area contributed by atoms with Crippen LogP contribution in [0.4, 0.5) is 0 Å². The van der Waals surface area contributed by atoms with Crippen molar-refractivity contribution in [3.63, 3.8) is 0 Å². The number of hydrogen-bond acceptors (Lipinski definition) is 9. The minimum absolute atomic E-state index is 0. The van der Waals surface area contributed by atoms with Gasteiger partial charge in [-0.1, -0.05) is 43.2 Å². The highest BCUT2D eigenvalue weighted by Crippen LogP contribution is 2.67. The van der Waals surface area contributed by atoms with Gasteiger partial charge < -0.3 is 23.8 Å². The number of nitrogens with zero attached hydrogens (tertiary/aromatic N) is 2. The molecule has 302 valence electrons. The molecule has 6 aliphatic rings. The number of hydrogen-bond donors (Lipinski definition) is 0. The summed E-state index contributed by atoms with van der Waals surface area (Å²) in [5.41, 5.74) is 2.34. The van der Waals surface area contributed by atoms with Gasteiger partial charge in [-0.05, 0) is 123 Å². The van der Waals surface area contributed by atoms with Gasteiger partial charge in [0.15, 0.2) is 35.3 Å². The van der Waals surface area contributed by atoms with Crippen LogP contribution in [-0.4, -0.2) is 78.4 Å². The second-order valence-corrected chi connectivity index (χ2v) is 17.1. The molecule has 0 radical (unpaired) electrons. The van der Waals surface area contributed by atoms with Crippen molar-refractivity contribution >= 4 is 47.5 Å². The monoisotopic (exact) mass is 808 g/mol. The second-order valence-electron chi connectivity index (χ2n) is 16.6. The van der Waals surface area contributed by atoms with Crippen LogP contribution in [0.25, 0.3) is 0 Å². The molecule has 6 atom stereocenters. The first-order valence-corrected chi connectivity index (χ1v) is 20.0. The third-order valence-corrected chi connectivity index (χ3v) is 13.8. The van der Waals surface area contributed by atoms with Crippen LogP contribution in [0, 0.1) is 28.6 Å². The third kappa shape index (κ3) is 7.86. The number of halogens is 2. The van der Waals surface area contributed by atoms with Crippen molar-refractivity contribution in [2.24, 2.45) is 28.6 Å². The van der Waals surface area contributed by atoms with Gasteiger partial charge >= 0.3 is 5.97 Å². The lowest BCUT2D eigenvalue weighted by Gasteiger charge is -2.58. The van der Waals surface area contributed by atoms with Crippen LogP contribution >= 0.6 is 24.0 Å². The maximum atomic E-state index is 12.8. The number of piperazine rings is 1. The molecule has 1 amide bonds. The van der Waals surface area contributed by atoms with E-state index in [4.69, 9.17) is 30.5 Å². The lowest BCUT2D eigenvalue weighted by molar-refractivity contribution is -0.185. The maximum Gasteiger partial charge on any atom is 0.303 e. The largest absolute Gasteiger partial charge is 0.484 e. The Labute approximate surface area is 341 Å². The van der Waals surface area contributed by atoms with E-state index in [0.29, 0.717) is 54.5 Å². The molecule has 0 spiro atoms. The van der Waals surface area contributed by atoms with Gasteiger partial charge in [-0.3, -0.25) is 24.1 Å². The van der Waals surface area contributed by atoms with Gasteiger partial charge in [-0.25, -0.2) is 0 Å². The zero-order valence-corrected chi connectivity index (χ0v) is 34.6. The minimum Gasteiger partial charge on any atom is -0.484 e. The number of fused-ring (bicyclic) bond motifs is 6. The number of esters is 1. The number of ether oxygens (including phenoxy) is 4. The summed E-state index contributed by atoms with van der Waals surface area (Å²) in [6.45, 7) is 13.9. The zero-order chi connectivity index (χ0) is 39.1. The van der Waals surface area contributed by atoms with Crippen molar-refractivity contribution in [1.29, 1.82) is 0 Å². The Kier molecular flexibility index (Phi) is 12.3. The molecule has 2 aromatic carbocycles. The van der Waals surface area contributed by atoms with Crippen LogP contribution in [0.5, 0.6) is 17.2 Å². The van der Waals surface area contributed by atoms with E-state index in [9.17, 15) is 19.2 Å². The van der Waals surface area contributed by atoms with Crippen molar-refractivity contribution in [2.75, 3.05) is 39.6 Å². The van der Waals surface area contributed by atoms with Crippen molar-refractivity contribution in [2.45, 2.75) is 85.3 Å². The minimum atomic E-state index is -0.990. The Hall–Kier alpha value is -3.86. The Balaban J connectivity index is 0.000000187. The van der Waals surface area contributed by atoms with Gasteiger partial charge in [-0.2, -0.15) is 0 Å². The Bertz CT molecular complexity index is 1910. The van der Waals surface area contributed by atoms with Crippen LogP contribution in [0.1, 0.15) is 78.7 Å². The Morgan fingerprint density at radius 1 is 0.911 bits per heavy atom. The SMILES string of the molecule is CC(=O)OC1(C(C)=O)CCC2C3C=C(C)C4=CC(=O)CCC4(C)C3CCC21C.Cl.O=C(COc1ccc(Cl)cc1)N1CCN(Cc2ccc3c(c2)OCO3)CC1. The average molecular weight is 810 g/mol. The summed E-state index contributed by atoms with van der Waals surface area (Å²) in [6, 6.07) is 13.1. The summed E-state index contributed by atoms with van der Waals surface area (Å²) in [4.78, 5) is 53.3. The van der Waals surface area contributed by atoms with Crippen LogP contribution in [0.3, 0.4) is 0 Å². The molecule has 0 aromatic heterocycles. The fraction of sp³-hybridized carbons (Fsp3) is 0.545. The normalized spacial score (nSPS) is 30.2. The molecule has 2 aromatic rings. The summed E-state index contributed by atoms with van der Waals surface area (Å²) in [6.07, 6.45) is 9.20. The van der Waals surface area contributed by atoms with Crippen LogP contribution in [0.2, 0.25) is 5.02 Å². The molecule has 3 fully saturated rings. The van der Waals surface area contributed by atoms with E-state index in [0.717, 1.165) is 56.8 Å². The highest BCUT2D eigenvalue weighted by molar-refractivity contribution is 6.30. The van der Waals surface area contributed by atoms with Crippen LogP contribution in [-0.2, 0) is 30.5 Å². The molecule has 0 N–H and O–H groups in total. The highest BCUT2D eigenvalue weighted by atomic mass is 35.5. The first kappa shape index (κ1) is 41.8. The standard InChI is InChI=1S/C24H32O4.C20H21ClN2O4.ClH/c1-14-12-18-19(22(4)9-6-17(27)13-21(14)22)7-10-23(5)20(18)8-11-24(23,15(2)25)28-16(3)26;21-16-2-4-17(5-3-16)25-13-20(24)23-9-7-22(8-10-23)12-15-1-6-18-19(11-15)27-14-26-18;/h12-13,18-20H,6-11H2,1-5H3;1-6,11H,7-10,12-14H2;1H. The van der Waals surface area contributed by atoms with Crippen molar-refractivity contribution < 1.29 is 38.1 Å². The first-order chi connectivity index (χ1) is 26.2. The number of rotatable bonds is 7. The predicted octanol–water partition coefficient (Wildman–Crippen LogP) is 7.79. The van der Waals surface area contributed by atoms with E-state index in [1.54, 1.807) is 31.2 Å². The summed E-state index contributed by atoms with van der Waals surface area (Å²) < 4.78 is 22.1. The third-order valence-electron chi connectivity index (χ3n) is 13.6. The van der Waals surface area contributed by atoms with Crippen molar-refractivity contribution in [1.82, 2.24) is 9.80 Å². The molecular weight excluding hydrogens is 755 g/mol. The summed E-state index contributed by atoms with van der Waals surface area (Å²) in [5, 5.41) is 0.646. The molecule has 4 aliphatic carbocycles. The number of Topliss-reactive ketones (excluding diaryl/α,β-unsaturated/α-hetero) is 1. The summed E-state index contributed by atoms with van der Waals surface area (Å²) in [5.74, 6) is 3.29. The fourth-order valence-corrected chi connectivity index (χ4v) is 10.8. The number of ketones is 2. The molecule has 56 heavy (non-hydrogen) atoms. The van der Waals surface area contributed by atoms with E-state index in [-0.39, 0.29) is 60.1 Å². The van der Waals surface area contributed by atoms with E-state index in [2.05, 4.69) is 37.8 Å². The second kappa shape index (κ2) is 16.5. The Morgan fingerprint density at radius 2 is 1.61 bits per heavy atom. The van der Waals surface area contributed by atoms with Crippen molar-refractivity contribution in [3.05, 3.63) is 76.3 Å². The molecule has 1 saturated heterocycles. The Morgan fingerprint density at radius 3 is 2.30 bits per heavy atom. The van der Waals surface area contributed by atoms with Gasteiger partial charge in [0, 0.05) is 56.5 Å². The molecular formula is C44H54Cl2N2O8. The zero-order valence-electron chi connectivity index (χ0n) is 33.1. The van der Waals surface area contributed by atoms with Gasteiger partial charge in [0.1, 0.15) is 5.75 Å². The van der Waals surface area contributed by atoms with Gasteiger partial charge in [0.05, 0.1) is 0 Å². The highest BCUT2D eigenvalue weighted by Gasteiger charge is 2.67. The lowest BCUT2D eigenvalue weighted by atomic mass is 9.47. The van der Waals surface area contributed by atoms with E-state index >= 15 is 0 Å². The summed E-state index contributed by atoms with van der Waals surface area (Å²) in [7, 11) is 0. The maximum absolute atomic E-state index is 12.8. The first-order valence-electron chi connectivity index (χ1n) is 19.6. The number of allylic oxidation sites excluding steroid dienone is 4. The molecule has 2 heterocycles. The van der Waals surface area contributed by atoms with Gasteiger partial charge in [-0.15, -0.1) is 12.4 Å². The van der Waals surface area contributed by atoms with Gasteiger partial charge in [0.25, 0.3) is 5.91 Å². The van der Waals surface area contributed by atoms with Crippen LogP contribution < -0.4 is 14.2 Å². The molecule has 6 unspecified atom stereocenters. The molecule has 2 saturated carbocycles. The number of carbonyl (C=O) groups excluding carboxylic acids is 4. The van der Waals surface area contributed by atoms with E-state index in [1.807, 2.05) is 23.1 Å². The number of carbonyl (C=O) groups is 4. The number of benzene rings is 2. The van der Waals surface area contributed by atoms with E-state index in [1.165, 1.54) is 23.6 Å². The average Bonchev–Trinajstić information content (AvgIpc) is 3.74. The quantitative estimate of drug-likeness (QED) is 0.259. The lowest BCUT2D eigenvalue weighted by Crippen LogP contribution is -2.58. The summed E-state index contributed by atoms with van der Waals surface area (Å²) >= 11 is 5.85. The smallest absolute Gasteiger partial charge is 0.303 e. The topological polar surface area (TPSA) is 112 Å². The molecule has 8 rings (SSSR count). The van der Waals surface area contributed by atoms with Gasteiger partial charge in [0.2, 0.25) is 6.79 Å². The molecule has 10 nitrogen and oxygen atoms in total. The van der Waals surface area contributed by atoms with Crippen LogP contribution in [0.15, 0.2) is 65.8 Å². The predicted molar refractivity (Wildman–Crippen MR) is 215 cm³/mol. The van der Waals surface area contributed by atoms with Crippen molar-refractivity contribution in [3.8, 4) is 17.2 Å². The number of amides is 1. The van der Waals surface area contributed by atoms with E-state index < -0.39 is 5.60 Å². The fourth-order valence-electron chi connectivity index (χ4n) is 10.7.